The number of ether oxygens (including phenoxy) is 1. The normalized spacial score (nSPS) is 26.5. The summed E-state index contributed by atoms with van der Waals surface area (Å²) in [6, 6.07) is 1.96. The SMILES string of the molecule is Cc1cc(CN2CCN(C(=O)[C@@H]3CC[C@H](CN)O3)CC2)on1. The Hall–Kier alpha value is -1.44. The fourth-order valence-corrected chi connectivity index (χ4v) is 3.10. The number of amides is 1. The number of rotatable bonds is 4. The number of piperazine rings is 1. The largest absolute Gasteiger partial charge is 0.364 e. The van der Waals surface area contributed by atoms with E-state index >= 15 is 0 Å². The highest BCUT2D eigenvalue weighted by Crippen LogP contribution is 2.21. The van der Waals surface area contributed by atoms with Crippen LogP contribution in [0.4, 0.5) is 0 Å². The van der Waals surface area contributed by atoms with Crippen molar-refractivity contribution in [2.75, 3.05) is 32.7 Å². The lowest BCUT2D eigenvalue weighted by Gasteiger charge is -2.35. The molecule has 0 saturated carbocycles. The van der Waals surface area contributed by atoms with Gasteiger partial charge in [-0.15, -0.1) is 0 Å². The van der Waals surface area contributed by atoms with Crippen LogP contribution in [0, 0.1) is 6.92 Å². The Labute approximate surface area is 130 Å². The first-order chi connectivity index (χ1) is 10.7. The number of carbonyl (C=O) groups excluding carboxylic acids is 1. The summed E-state index contributed by atoms with van der Waals surface area (Å²) < 4.78 is 10.9. The first-order valence-corrected chi connectivity index (χ1v) is 7.94. The van der Waals surface area contributed by atoms with E-state index < -0.39 is 0 Å². The molecule has 2 saturated heterocycles. The third kappa shape index (κ3) is 3.48. The third-order valence-corrected chi connectivity index (χ3v) is 4.39. The zero-order valence-electron chi connectivity index (χ0n) is 13.0. The van der Waals surface area contributed by atoms with Gasteiger partial charge in [-0.25, -0.2) is 0 Å². The molecule has 0 spiro atoms. The second-order valence-electron chi connectivity index (χ2n) is 6.10. The van der Waals surface area contributed by atoms with Gasteiger partial charge in [0, 0.05) is 38.8 Å². The van der Waals surface area contributed by atoms with Crippen molar-refractivity contribution in [1.29, 1.82) is 0 Å². The van der Waals surface area contributed by atoms with Crippen molar-refractivity contribution < 1.29 is 14.1 Å². The van der Waals surface area contributed by atoms with Crippen LogP contribution in [0.15, 0.2) is 10.6 Å². The summed E-state index contributed by atoms with van der Waals surface area (Å²) in [6.07, 6.45) is 1.43. The van der Waals surface area contributed by atoms with Crippen molar-refractivity contribution in [3.63, 3.8) is 0 Å². The molecule has 1 aromatic heterocycles. The highest BCUT2D eigenvalue weighted by Gasteiger charge is 2.34. The maximum atomic E-state index is 12.4. The molecule has 3 rings (SSSR count). The lowest BCUT2D eigenvalue weighted by atomic mass is 10.1. The highest BCUT2D eigenvalue weighted by atomic mass is 16.5. The maximum Gasteiger partial charge on any atom is 0.251 e. The van der Waals surface area contributed by atoms with Crippen molar-refractivity contribution >= 4 is 5.91 Å². The van der Waals surface area contributed by atoms with Crippen molar-refractivity contribution in [2.45, 2.75) is 38.5 Å². The fourth-order valence-electron chi connectivity index (χ4n) is 3.10. The summed E-state index contributed by atoms with van der Waals surface area (Å²) in [7, 11) is 0. The van der Waals surface area contributed by atoms with Crippen LogP contribution >= 0.6 is 0 Å². The van der Waals surface area contributed by atoms with E-state index in [4.69, 9.17) is 15.0 Å². The number of nitrogens with two attached hydrogens (primary N) is 1. The molecule has 0 aliphatic carbocycles. The number of aryl methyl sites for hydroxylation is 1. The van der Waals surface area contributed by atoms with E-state index in [1.165, 1.54) is 0 Å². The zero-order chi connectivity index (χ0) is 15.5. The summed E-state index contributed by atoms with van der Waals surface area (Å²) in [5, 5.41) is 3.90. The molecule has 2 N–H and O–H groups in total. The number of carbonyl (C=O) groups is 1. The van der Waals surface area contributed by atoms with Crippen LogP contribution in [0.5, 0.6) is 0 Å². The van der Waals surface area contributed by atoms with E-state index in [2.05, 4.69) is 10.1 Å². The van der Waals surface area contributed by atoms with E-state index in [1.807, 2.05) is 17.9 Å². The Bertz CT molecular complexity index is 511. The minimum atomic E-state index is -0.294. The van der Waals surface area contributed by atoms with Crippen molar-refractivity contribution in [1.82, 2.24) is 15.0 Å². The molecular weight excluding hydrogens is 284 g/mol. The van der Waals surface area contributed by atoms with Gasteiger partial charge in [0.2, 0.25) is 0 Å². The standard InChI is InChI=1S/C15H24N4O3/c1-11-8-13(22-17-11)10-18-4-6-19(7-5-18)15(20)14-3-2-12(9-16)21-14/h8,12,14H,2-7,9-10,16H2,1H3/t12-,14+/m1/s1. The molecule has 1 aromatic rings. The quantitative estimate of drug-likeness (QED) is 0.851. The van der Waals surface area contributed by atoms with Crippen LogP contribution in [-0.2, 0) is 16.1 Å². The van der Waals surface area contributed by atoms with E-state index in [9.17, 15) is 4.79 Å². The minimum absolute atomic E-state index is 0.0462. The first-order valence-electron chi connectivity index (χ1n) is 7.94. The Kier molecular flexibility index (Phi) is 4.75. The summed E-state index contributed by atoms with van der Waals surface area (Å²) in [5.41, 5.74) is 6.50. The molecule has 7 nitrogen and oxygen atoms in total. The average molecular weight is 308 g/mol. The fraction of sp³-hybridized carbons (Fsp3) is 0.733. The molecule has 1 amide bonds. The van der Waals surface area contributed by atoms with Crippen LogP contribution in [0.1, 0.15) is 24.3 Å². The van der Waals surface area contributed by atoms with Gasteiger partial charge in [-0.2, -0.15) is 0 Å². The second-order valence-corrected chi connectivity index (χ2v) is 6.10. The molecule has 122 valence electrons. The van der Waals surface area contributed by atoms with Gasteiger partial charge in [-0.1, -0.05) is 5.16 Å². The number of nitrogens with zero attached hydrogens (tertiary/aromatic N) is 3. The monoisotopic (exact) mass is 308 g/mol. The van der Waals surface area contributed by atoms with E-state index in [0.717, 1.165) is 57.0 Å². The smallest absolute Gasteiger partial charge is 0.251 e. The summed E-state index contributed by atoms with van der Waals surface area (Å²) in [6.45, 7) is 6.32. The summed E-state index contributed by atoms with van der Waals surface area (Å²) in [4.78, 5) is 16.6. The maximum absolute atomic E-state index is 12.4. The molecule has 2 atom stereocenters. The molecule has 2 aliphatic rings. The molecule has 0 radical (unpaired) electrons. The van der Waals surface area contributed by atoms with Crippen molar-refractivity contribution in [3.05, 3.63) is 17.5 Å². The predicted octanol–water partition coefficient (Wildman–Crippen LogP) is 0.134. The number of hydrogen-bond acceptors (Lipinski definition) is 6. The van der Waals surface area contributed by atoms with Crippen LogP contribution in [0.25, 0.3) is 0 Å². The molecule has 7 heteroatoms. The summed E-state index contributed by atoms with van der Waals surface area (Å²) in [5.74, 6) is 0.994. The third-order valence-electron chi connectivity index (χ3n) is 4.39. The van der Waals surface area contributed by atoms with Gasteiger partial charge >= 0.3 is 0 Å². The zero-order valence-corrected chi connectivity index (χ0v) is 13.0. The van der Waals surface area contributed by atoms with E-state index in [-0.39, 0.29) is 18.1 Å². The molecule has 0 unspecified atom stereocenters. The summed E-state index contributed by atoms with van der Waals surface area (Å²) >= 11 is 0. The van der Waals surface area contributed by atoms with Gasteiger partial charge in [0.25, 0.3) is 5.91 Å². The Balaban J connectivity index is 1.46. The van der Waals surface area contributed by atoms with Crippen LogP contribution < -0.4 is 5.73 Å². The van der Waals surface area contributed by atoms with E-state index in [1.54, 1.807) is 0 Å². The molecule has 3 heterocycles. The molecule has 2 aliphatic heterocycles. The number of hydrogen-bond donors (Lipinski definition) is 1. The van der Waals surface area contributed by atoms with Gasteiger partial charge in [0.15, 0.2) is 5.76 Å². The van der Waals surface area contributed by atoms with Crippen LogP contribution in [-0.4, -0.2) is 65.8 Å². The van der Waals surface area contributed by atoms with Crippen molar-refractivity contribution in [3.8, 4) is 0 Å². The molecule has 0 bridgehead atoms. The van der Waals surface area contributed by atoms with Gasteiger partial charge in [-0.05, 0) is 19.8 Å². The predicted molar refractivity (Wildman–Crippen MR) is 80.0 cm³/mol. The van der Waals surface area contributed by atoms with Crippen LogP contribution in [0.3, 0.4) is 0 Å². The molecule has 22 heavy (non-hydrogen) atoms. The van der Waals surface area contributed by atoms with Crippen LogP contribution in [0.2, 0.25) is 0 Å². The lowest BCUT2D eigenvalue weighted by molar-refractivity contribution is -0.144. The molecule has 0 aromatic carbocycles. The second kappa shape index (κ2) is 6.76. The van der Waals surface area contributed by atoms with Gasteiger partial charge in [0.05, 0.1) is 18.3 Å². The molecule has 2 fully saturated rings. The van der Waals surface area contributed by atoms with Gasteiger partial charge in [0.1, 0.15) is 6.10 Å². The average Bonchev–Trinajstić information content (AvgIpc) is 3.16. The van der Waals surface area contributed by atoms with Gasteiger partial charge in [-0.3, -0.25) is 9.69 Å². The Morgan fingerprint density at radius 1 is 1.36 bits per heavy atom. The minimum Gasteiger partial charge on any atom is -0.364 e. The lowest BCUT2D eigenvalue weighted by Crippen LogP contribution is -2.51. The number of aromatic nitrogens is 1. The Morgan fingerprint density at radius 2 is 2.14 bits per heavy atom. The topological polar surface area (TPSA) is 84.8 Å². The van der Waals surface area contributed by atoms with Gasteiger partial charge < -0.3 is 19.9 Å². The highest BCUT2D eigenvalue weighted by molar-refractivity contribution is 5.81. The van der Waals surface area contributed by atoms with Crippen molar-refractivity contribution in [2.24, 2.45) is 5.73 Å². The van der Waals surface area contributed by atoms with E-state index in [0.29, 0.717) is 6.54 Å². The Morgan fingerprint density at radius 3 is 2.73 bits per heavy atom. The first kappa shape index (κ1) is 15.5. The molecular formula is C15H24N4O3.